The number of carbonyl (C=O) groups is 1. The Bertz CT molecular complexity index is 1200. The maximum absolute atomic E-state index is 14.2. The number of halogens is 4. The van der Waals surface area contributed by atoms with Crippen molar-refractivity contribution in [2.75, 3.05) is 21.2 Å². The molecule has 0 spiro atoms. The van der Waals surface area contributed by atoms with Crippen molar-refractivity contribution in [2.24, 2.45) is 0 Å². The Labute approximate surface area is 195 Å². The van der Waals surface area contributed by atoms with E-state index < -0.39 is 35.9 Å². The number of rotatable bonds is 7. The van der Waals surface area contributed by atoms with Crippen molar-refractivity contribution < 1.29 is 32.2 Å². The number of methoxy groups -OCH3 is 1. The number of carbonyl (C=O) groups excluding carboxylic acids is 1. The van der Waals surface area contributed by atoms with Crippen molar-refractivity contribution in [3.8, 4) is 5.75 Å². The van der Waals surface area contributed by atoms with Crippen molar-refractivity contribution in [1.29, 1.82) is 0 Å². The van der Waals surface area contributed by atoms with Gasteiger partial charge in [0.2, 0.25) is 0 Å². The molecule has 1 unspecified atom stereocenters. The minimum atomic E-state index is -4.96. The van der Waals surface area contributed by atoms with Crippen molar-refractivity contribution in [1.82, 2.24) is 9.88 Å². The number of hydrogen-bond donors (Lipinski definition) is 2. The first kappa shape index (κ1) is 25.6. The van der Waals surface area contributed by atoms with Crippen LogP contribution in [-0.4, -0.2) is 53.9 Å². The molecule has 3 aromatic rings. The number of amides is 1. The van der Waals surface area contributed by atoms with Crippen LogP contribution < -0.4 is 4.74 Å². The topological polar surface area (TPSA) is 65.6 Å². The Balaban J connectivity index is 1.98. The number of alkyl halides is 3. The highest BCUT2D eigenvalue weighted by molar-refractivity contribution is 5.97. The molecule has 2 aromatic carbocycles. The van der Waals surface area contributed by atoms with Crippen LogP contribution in [0.5, 0.6) is 5.75 Å². The van der Waals surface area contributed by atoms with E-state index in [0.717, 1.165) is 12.1 Å². The number of fused-ring (bicyclic) bond motifs is 1. The molecule has 1 atom stereocenters. The molecule has 5 nitrogen and oxygen atoms in total. The van der Waals surface area contributed by atoms with Gasteiger partial charge in [0.1, 0.15) is 11.6 Å². The predicted octanol–water partition coefficient (Wildman–Crippen LogP) is 5.22. The molecule has 0 saturated heterocycles. The van der Waals surface area contributed by atoms with E-state index in [-0.39, 0.29) is 22.9 Å². The molecule has 2 N–H and O–H groups in total. The molecule has 1 heterocycles. The molecule has 34 heavy (non-hydrogen) atoms. The zero-order valence-corrected chi connectivity index (χ0v) is 19.7. The van der Waals surface area contributed by atoms with Crippen molar-refractivity contribution in [2.45, 2.75) is 43.9 Å². The molecule has 9 heteroatoms. The number of aliphatic hydroxyl groups is 1. The second kappa shape index (κ2) is 8.94. The van der Waals surface area contributed by atoms with Gasteiger partial charge in [-0.2, -0.15) is 13.2 Å². The summed E-state index contributed by atoms with van der Waals surface area (Å²) in [5, 5.41) is 11.5. The highest BCUT2D eigenvalue weighted by Crippen LogP contribution is 2.45. The van der Waals surface area contributed by atoms with Crippen molar-refractivity contribution in [3.05, 3.63) is 65.1 Å². The highest BCUT2D eigenvalue weighted by atomic mass is 19.4. The monoisotopic (exact) mass is 480 g/mol. The third-order valence-electron chi connectivity index (χ3n) is 5.97. The fourth-order valence-corrected chi connectivity index (χ4v) is 4.29. The molecule has 1 amide bonds. The van der Waals surface area contributed by atoms with Gasteiger partial charge >= 0.3 is 6.18 Å². The van der Waals surface area contributed by atoms with Crippen LogP contribution >= 0.6 is 0 Å². The van der Waals surface area contributed by atoms with E-state index in [1.54, 1.807) is 32.3 Å². The summed E-state index contributed by atoms with van der Waals surface area (Å²) < 4.78 is 61.7. The first-order valence-electron chi connectivity index (χ1n) is 10.6. The van der Waals surface area contributed by atoms with Gasteiger partial charge in [0.15, 0.2) is 5.60 Å². The second-order valence-corrected chi connectivity index (χ2v) is 9.41. The van der Waals surface area contributed by atoms with Gasteiger partial charge in [0.05, 0.1) is 7.11 Å². The zero-order chi connectivity index (χ0) is 25.5. The van der Waals surface area contributed by atoms with Gasteiger partial charge in [0, 0.05) is 42.9 Å². The summed E-state index contributed by atoms with van der Waals surface area (Å²) in [6.07, 6.45) is -6.44. The number of nitrogens with one attached hydrogen (secondary N) is 1. The van der Waals surface area contributed by atoms with E-state index in [9.17, 15) is 27.5 Å². The smallest absolute Gasteiger partial charge is 0.417 e. The zero-order valence-electron chi connectivity index (χ0n) is 19.7. The molecule has 0 saturated carbocycles. The lowest BCUT2D eigenvalue weighted by atomic mass is 9.73. The molecule has 0 aliphatic rings. The summed E-state index contributed by atoms with van der Waals surface area (Å²) in [5.41, 5.74) is -3.14. The normalized spacial score (nSPS) is 14.2. The van der Waals surface area contributed by atoms with Crippen LogP contribution in [0.4, 0.5) is 17.6 Å². The number of aromatic amines is 1. The first-order chi connectivity index (χ1) is 15.7. The van der Waals surface area contributed by atoms with E-state index >= 15 is 0 Å². The summed E-state index contributed by atoms with van der Waals surface area (Å²) in [6.45, 7) is 3.01. The number of ether oxygens (including phenoxy) is 1. The largest absolute Gasteiger partial charge is 0.496 e. The van der Waals surface area contributed by atoms with Crippen LogP contribution in [0.1, 0.15) is 41.9 Å². The van der Waals surface area contributed by atoms with E-state index in [1.807, 2.05) is 0 Å². The molecule has 0 fully saturated rings. The molecule has 3 rings (SSSR count). The van der Waals surface area contributed by atoms with Gasteiger partial charge in [0.25, 0.3) is 5.91 Å². The summed E-state index contributed by atoms with van der Waals surface area (Å²) in [7, 11) is 4.56. The molecule has 1 aromatic heterocycles. The van der Waals surface area contributed by atoms with Gasteiger partial charge < -0.3 is 19.7 Å². The van der Waals surface area contributed by atoms with Gasteiger partial charge in [-0.25, -0.2) is 4.39 Å². The van der Waals surface area contributed by atoms with Crippen LogP contribution in [0.3, 0.4) is 0 Å². The molecular weight excluding hydrogens is 452 g/mol. The molecule has 0 aliphatic carbocycles. The van der Waals surface area contributed by atoms with E-state index in [1.165, 1.54) is 38.0 Å². The van der Waals surface area contributed by atoms with Crippen LogP contribution in [-0.2, 0) is 11.8 Å². The second-order valence-electron chi connectivity index (χ2n) is 9.41. The Hall–Kier alpha value is -3.07. The van der Waals surface area contributed by atoms with E-state index in [4.69, 9.17) is 4.74 Å². The Morgan fingerprint density at radius 1 is 1.09 bits per heavy atom. The summed E-state index contributed by atoms with van der Waals surface area (Å²) in [5.74, 6) is -0.617. The maximum Gasteiger partial charge on any atom is 0.417 e. The Kier molecular flexibility index (Phi) is 6.72. The fourth-order valence-electron chi connectivity index (χ4n) is 4.29. The van der Waals surface area contributed by atoms with E-state index in [2.05, 4.69) is 4.98 Å². The number of hydrogen-bond acceptors (Lipinski definition) is 3. The summed E-state index contributed by atoms with van der Waals surface area (Å²) >= 11 is 0. The van der Waals surface area contributed by atoms with Crippen molar-refractivity contribution in [3.63, 3.8) is 0 Å². The molecular formula is C25H28F4N2O3. The first-order valence-corrected chi connectivity index (χ1v) is 10.6. The summed E-state index contributed by atoms with van der Waals surface area (Å²) in [4.78, 5) is 16.5. The lowest BCUT2D eigenvalue weighted by Crippen LogP contribution is -2.51. The number of nitrogens with zero attached hydrogens (tertiary/aromatic N) is 1. The van der Waals surface area contributed by atoms with E-state index in [0.29, 0.717) is 16.5 Å². The van der Waals surface area contributed by atoms with Crippen LogP contribution in [0.15, 0.2) is 42.5 Å². The number of H-pyrrole nitrogens is 1. The highest BCUT2D eigenvalue weighted by Gasteiger charge is 2.56. The molecule has 0 aliphatic heterocycles. The van der Waals surface area contributed by atoms with Gasteiger partial charge in [-0.05, 0) is 53.6 Å². The number of aromatic nitrogens is 1. The average Bonchev–Trinajstić information content (AvgIpc) is 3.12. The lowest BCUT2D eigenvalue weighted by molar-refractivity contribution is -0.266. The van der Waals surface area contributed by atoms with Gasteiger partial charge in [-0.3, -0.25) is 4.79 Å². The third kappa shape index (κ3) is 5.04. The minimum Gasteiger partial charge on any atom is -0.496 e. The number of benzene rings is 2. The minimum absolute atomic E-state index is 0.159. The van der Waals surface area contributed by atoms with Crippen molar-refractivity contribution >= 4 is 16.8 Å². The maximum atomic E-state index is 14.2. The average molecular weight is 481 g/mol. The summed E-state index contributed by atoms with van der Waals surface area (Å²) in [6, 6.07) is 9.96. The van der Waals surface area contributed by atoms with Gasteiger partial charge in [-0.15, -0.1) is 0 Å². The quantitative estimate of drug-likeness (QED) is 0.456. The predicted molar refractivity (Wildman–Crippen MR) is 122 cm³/mol. The lowest BCUT2D eigenvalue weighted by Gasteiger charge is -2.38. The van der Waals surface area contributed by atoms with Crippen LogP contribution in [0.25, 0.3) is 10.9 Å². The molecule has 0 bridgehead atoms. The van der Waals surface area contributed by atoms with Crippen LogP contribution in [0, 0.1) is 5.82 Å². The Morgan fingerprint density at radius 2 is 1.76 bits per heavy atom. The fraction of sp³-hybridized carbons (Fsp3) is 0.400. The third-order valence-corrected chi connectivity index (χ3v) is 5.97. The Morgan fingerprint density at radius 3 is 2.35 bits per heavy atom. The SMILES string of the molecule is COc1ccc(F)cc1C(C)(C)CC(O)(Cc1cc2ccc(C(=O)N(C)C)cc2[nH]1)C(F)(F)F. The van der Waals surface area contributed by atoms with Gasteiger partial charge in [-0.1, -0.05) is 19.9 Å². The molecule has 184 valence electrons. The van der Waals surface area contributed by atoms with Crippen LogP contribution in [0.2, 0.25) is 0 Å². The standard InChI is InChI=1S/C25H28F4N2O3/c1-23(2,19-12-17(26)8-9-21(19)34-5)14-24(33,25(27,28)29)13-18-10-15-6-7-16(11-20(15)30-18)22(32)31(3)4/h6-12,30,33H,13-14H2,1-5H3. The molecule has 0 radical (unpaired) electrons.